The molecule has 2 aromatic rings. The molecule has 35 heavy (non-hydrogen) atoms. The van der Waals surface area contributed by atoms with Crippen molar-refractivity contribution in [2.75, 3.05) is 39.6 Å². The van der Waals surface area contributed by atoms with Crippen LogP contribution < -0.4 is 9.47 Å². The molecule has 0 aliphatic carbocycles. The van der Waals surface area contributed by atoms with Crippen LogP contribution in [0.3, 0.4) is 0 Å². The van der Waals surface area contributed by atoms with E-state index in [9.17, 15) is 14.7 Å². The number of nitrogens with zero attached hydrogens (tertiary/aromatic N) is 2. The number of carbonyl (C=O) groups excluding carboxylic acids is 2. The minimum absolute atomic E-state index is 0.0474. The number of phenolic OH excluding ortho intramolecular Hbond substituents is 1. The zero-order valence-electron chi connectivity index (χ0n) is 19.2. The molecule has 184 valence electrons. The van der Waals surface area contributed by atoms with Crippen molar-refractivity contribution in [2.24, 2.45) is 0 Å². The van der Waals surface area contributed by atoms with Gasteiger partial charge >= 0.3 is 6.09 Å². The molecule has 10 heteroatoms. The fourth-order valence-corrected chi connectivity index (χ4v) is 4.68. The molecule has 1 amide bonds. The highest BCUT2D eigenvalue weighted by atomic mass is 35.5. The Morgan fingerprint density at radius 3 is 2.77 bits per heavy atom. The number of phenols is 1. The van der Waals surface area contributed by atoms with Gasteiger partial charge in [-0.3, -0.25) is 9.69 Å². The van der Waals surface area contributed by atoms with Gasteiger partial charge in [0.05, 0.1) is 24.3 Å². The predicted molar refractivity (Wildman–Crippen MR) is 127 cm³/mol. The van der Waals surface area contributed by atoms with Crippen molar-refractivity contribution < 1.29 is 33.6 Å². The van der Waals surface area contributed by atoms with Crippen molar-refractivity contribution in [3.8, 4) is 17.2 Å². The van der Waals surface area contributed by atoms with Crippen molar-refractivity contribution in [3.05, 3.63) is 57.3 Å². The highest BCUT2D eigenvalue weighted by molar-refractivity contribution is 6.31. The number of Topliss-reactive ketones (excluding diaryl/α,β-unsaturated/α-hetero) is 1. The number of ether oxygens (including phenoxy) is 4. The Kier molecular flexibility index (Phi) is 6.55. The van der Waals surface area contributed by atoms with Gasteiger partial charge in [0.2, 0.25) is 5.78 Å². The summed E-state index contributed by atoms with van der Waals surface area (Å²) in [5.41, 5.74) is 2.32. The van der Waals surface area contributed by atoms with E-state index in [1.807, 2.05) is 0 Å². The van der Waals surface area contributed by atoms with Crippen molar-refractivity contribution in [3.63, 3.8) is 0 Å². The average molecular weight is 501 g/mol. The van der Waals surface area contributed by atoms with Crippen molar-refractivity contribution >= 4 is 29.6 Å². The number of amides is 1. The van der Waals surface area contributed by atoms with E-state index in [-0.39, 0.29) is 30.2 Å². The number of carbonyl (C=O) groups is 2. The molecule has 0 aromatic heterocycles. The summed E-state index contributed by atoms with van der Waals surface area (Å²) in [5.74, 6) is 0.830. The Labute approximate surface area is 207 Å². The van der Waals surface area contributed by atoms with Crippen LogP contribution >= 0.6 is 11.6 Å². The highest BCUT2D eigenvalue weighted by Gasteiger charge is 2.33. The molecule has 0 unspecified atom stereocenters. The first-order valence-electron chi connectivity index (χ1n) is 11.4. The van der Waals surface area contributed by atoms with Gasteiger partial charge in [0.1, 0.15) is 17.2 Å². The molecule has 3 heterocycles. The first-order valence-corrected chi connectivity index (χ1v) is 11.8. The number of piperazine rings is 1. The van der Waals surface area contributed by atoms with Crippen molar-refractivity contribution in [1.29, 1.82) is 0 Å². The van der Waals surface area contributed by atoms with Gasteiger partial charge in [0.25, 0.3) is 0 Å². The van der Waals surface area contributed by atoms with Gasteiger partial charge in [-0.25, -0.2) is 4.79 Å². The molecule has 3 aliphatic rings. The summed E-state index contributed by atoms with van der Waals surface area (Å²) in [4.78, 5) is 28.9. The van der Waals surface area contributed by atoms with Crippen LogP contribution in [0.2, 0.25) is 5.02 Å². The van der Waals surface area contributed by atoms with Gasteiger partial charge in [-0.1, -0.05) is 11.6 Å². The SMILES string of the molecule is CCOC(=O)N1CCN(Cc2c(O)ccc3c2O/C(=C/c2cc(Cl)cc4c2OCOC4)C3=O)CC1. The summed E-state index contributed by atoms with van der Waals surface area (Å²) in [6, 6.07) is 6.55. The second-order valence-electron chi connectivity index (χ2n) is 8.44. The average Bonchev–Trinajstić information content (AvgIpc) is 3.16. The highest BCUT2D eigenvalue weighted by Crippen LogP contribution is 2.41. The molecule has 1 N–H and O–H groups in total. The number of rotatable bonds is 4. The normalized spacial score (nSPS) is 18.6. The largest absolute Gasteiger partial charge is 0.507 e. The van der Waals surface area contributed by atoms with E-state index in [0.29, 0.717) is 79.1 Å². The summed E-state index contributed by atoms with van der Waals surface area (Å²) in [7, 11) is 0. The maximum atomic E-state index is 13.1. The van der Waals surface area contributed by atoms with E-state index >= 15 is 0 Å². The predicted octanol–water partition coefficient (Wildman–Crippen LogP) is 3.80. The lowest BCUT2D eigenvalue weighted by atomic mass is 10.0. The van der Waals surface area contributed by atoms with Crippen LogP contribution in [0.1, 0.15) is 34.0 Å². The Balaban J connectivity index is 1.37. The van der Waals surface area contributed by atoms with Gasteiger partial charge in [-0.2, -0.15) is 0 Å². The Bertz CT molecular complexity index is 1200. The number of ketones is 1. The van der Waals surface area contributed by atoms with Gasteiger partial charge in [-0.05, 0) is 37.3 Å². The number of aromatic hydroxyl groups is 1. The first kappa shape index (κ1) is 23.5. The van der Waals surface area contributed by atoms with Crippen LogP contribution in [-0.4, -0.2) is 66.4 Å². The van der Waals surface area contributed by atoms with Gasteiger partial charge in [0, 0.05) is 48.9 Å². The number of hydrogen-bond acceptors (Lipinski definition) is 8. The Hall–Kier alpha value is -3.27. The first-order chi connectivity index (χ1) is 16.9. The number of allylic oxidation sites excluding steroid dienone is 1. The second-order valence-corrected chi connectivity index (χ2v) is 8.87. The fraction of sp³-hybridized carbons (Fsp3) is 0.360. The van der Waals surface area contributed by atoms with E-state index < -0.39 is 0 Å². The summed E-state index contributed by atoms with van der Waals surface area (Å²) in [6.45, 7) is 5.20. The molecule has 0 bridgehead atoms. The van der Waals surface area contributed by atoms with E-state index in [1.54, 1.807) is 36.1 Å². The van der Waals surface area contributed by atoms with Crippen LogP contribution in [0.25, 0.3) is 6.08 Å². The van der Waals surface area contributed by atoms with Gasteiger partial charge in [-0.15, -0.1) is 0 Å². The van der Waals surface area contributed by atoms with Crippen LogP contribution in [0, 0.1) is 0 Å². The maximum absolute atomic E-state index is 13.1. The van der Waals surface area contributed by atoms with Crippen molar-refractivity contribution in [1.82, 2.24) is 9.80 Å². The molecule has 0 radical (unpaired) electrons. The Morgan fingerprint density at radius 2 is 2.00 bits per heavy atom. The molecular formula is C25H25ClN2O7. The molecule has 9 nitrogen and oxygen atoms in total. The number of fused-ring (bicyclic) bond motifs is 2. The lowest BCUT2D eigenvalue weighted by molar-refractivity contribution is -0.0165. The van der Waals surface area contributed by atoms with E-state index in [2.05, 4.69) is 4.90 Å². The smallest absolute Gasteiger partial charge is 0.409 e. The molecule has 3 aliphatic heterocycles. The summed E-state index contributed by atoms with van der Waals surface area (Å²) in [6.07, 6.45) is 1.29. The molecule has 1 saturated heterocycles. The minimum atomic E-state index is -0.321. The lowest BCUT2D eigenvalue weighted by Gasteiger charge is -2.34. The molecule has 0 atom stereocenters. The number of hydrogen-bond donors (Lipinski definition) is 1. The fourth-order valence-electron chi connectivity index (χ4n) is 4.43. The molecule has 1 fully saturated rings. The minimum Gasteiger partial charge on any atom is -0.507 e. The van der Waals surface area contributed by atoms with E-state index in [1.165, 1.54) is 6.07 Å². The van der Waals surface area contributed by atoms with Crippen LogP contribution in [0.4, 0.5) is 4.79 Å². The van der Waals surface area contributed by atoms with Crippen LogP contribution in [-0.2, 0) is 22.6 Å². The lowest BCUT2D eigenvalue weighted by Crippen LogP contribution is -2.48. The summed E-state index contributed by atoms with van der Waals surface area (Å²) < 4.78 is 22.0. The Morgan fingerprint density at radius 1 is 1.20 bits per heavy atom. The molecule has 2 aromatic carbocycles. The summed E-state index contributed by atoms with van der Waals surface area (Å²) in [5, 5.41) is 11.1. The molecule has 0 saturated carbocycles. The summed E-state index contributed by atoms with van der Waals surface area (Å²) >= 11 is 6.26. The third kappa shape index (κ3) is 4.67. The van der Waals surface area contributed by atoms with Crippen molar-refractivity contribution in [2.45, 2.75) is 20.1 Å². The van der Waals surface area contributed by atoms with Crippen LogP contribution in [0.15, 0.2) is 30.0 Å². The third-order valence-electron chi connectivity index (χ3n) is 6.19. The monoisotopic (exact) mass is 500 g/mol. The van der Waals surface area contributed by atoms with E-state index in [4.69, 9.17) is 30.5 Å². The zero-order valence-corrected chi connectivity index (χ0v) is 20.0. The van der Waals surface area contributed by atoms with E-state index in [0.717, 1.165) is 5.56 Å². The zero-order chi connectivity index (χ0) is 24.5. The maximum Gasteiger partial charge on any atom is 0.409 e. The number of benzene rings is 2. The topological polar surface area (TPSA) is 97.8 Å². The van der Waals surface area contributed by atoms with Crippen LogP contribution in [0.5, 0.6) is 17.2 Å². The van der Waals surface area contributed by atoms with Gasteiger partial charge < -0.3 is 29.0 Å². The second kappa shape index (κ2) is 9.77. The number of halogens is 1. The standard InChI is InChI=1S/C25H25ClN2O7/c1-2-33-25(31)28-7-5-27(6-8-28)12-19-20(29)4-3-18-22(30)21(35-24(18)19)11-15-9-17(26)10-16-13-32-14-34-23(15)16/h3-4,9-11,29H,2,5-8,12-14H2,1H3/b21-11+. The quantitative estimate of drug-likeness (QED) is 0.633. The molecule has 0 spiro atoms. The third-order valence-corrected chi connectivity index (χ3v) is 6.40. The van der Waals surface area contributed by atoms with Gasteiger partial charge in [0.15, 0.2) is 12.6 Å². The molecule has 5 rings (SSSR count). The molecular weight excluding hydrogens is 476 g/mol.